The van der Waals surface area contributed by atoms with E-state index >= 15 is 0 Å². The number of aromatic nitrogens is 1. The molecule has 0 aliphatic carbocycles. The molecule has 3 rings (SSSR count). The molecule has 86 valence electrons. The van der Waals surface area contributed by atoms with Crippen LogP contribution < -0.4 is 4.90 Å². The molecule has 2 aliphatic rings. The fraction of sp³-hybridized carbons (Fsp3) is 0.545. The Morgan fingerprint density at radius 3 is 2.50 bits per heavy atom. The Kier molecular flexibility index (Phi) is 2.83. The highest BCUT2D eigenvalue weighted by molar-refractivity contribution is 9.10. The van der Waals surface area contributed by atoms with Crippen molar-refractivity contribution in [3.05, 3.63) is 22.8 Å². The van der Waals surface area contributed by atoms with E-state index in [0.717, 1.165) is 23.5 Å². The molecule has 0 amide bonds. The zero-order chi connectivity index (χ0) is 11.0. The number of ether oxygens (including phenoxy) is 2. The number of hydrogen-bond donors (Lipinski definition) is 0. The molecule has 2 saturated heterocycles. The van der Waals surface area contributed by atoms with Crippen molar-refractivity contribution in [1.82, 2.24) is 4.98 Å². The minimum atomic E-state index is 0.203. The minimum absolute atomic E-state index is 0.203. The summed E-state index contributed by atoms with van der Waals surface area (Å²) in [5, 5.41) is 0. The van der Waals surface area contributed by atoms with Gasteiger partial charge in [-0.3, -0.25) is 0 Å². The molecule has 3 heterocycles. The Balaban J connectivity index is 1.77. The van der Waals surface area contributed by atoms with Gasteiger partial charge in [0.25, 0.3) is 0 Å². The van der Waals surface area contributed by atoms with Crippen LogP contribution in [0.3, 0.4) is 0 Å². The first-order chi connectivity index (χ1) is 7.83. The van der Waals surface area contributed by atoms with Gasteiger partial charge in [-0.05, 0) is 28.1 Å². The van der Waals surface area contributed by atoms with Crippen LogP contribution >= 0.6 is 15.9 Å². The monoisotopic (exact) mass is 284 g/mol. The molecular formula is C11H13BrN2O2. The Labute approximate surface area is 103 Å². The van der Waals surface area contributed by atoms with Crippen LogP contribution in [0.25, 0.3) is 0 Å². The summed E-state index contributed by atoms with van der Waals surface area (Å²) < 4.78 is 12.2. The summed E-state index contributed by atoms with van der Waals surface area (Å²) in [5.74, 6) is 0.982. The fourth-order valence-corrected chi connectivity index (χ4v) is 2.56. The predicted molar refractivity (Wildman–Crippen MR) is 63.6 cm³/mol. The van der Waals surface area contributed by atoms with Crippen LogP contribution in [-0.4, -0.2) is 43.5 Å². The molecule has 0 N–H and O–H groups in total. The Hall–Kier alpha value is -0.650. The summed E-state index contributed by atoms with van der Waals surface area (Å²) in [6.07, 6.45) is 0.407. The van der Waals surface area contributed by atoms with Gasteiger partial charge in [-0.25, -0.2) is 4.98 Å². The highest BCUT2D eigenvalue weighted by Gasteiger charge is 2.37. The van der Waals surface area contributed by atoms with E-state index in [9.17, 15) is 0 Å². The maximum Gasteiger partial charge on any atom is 0.130 e. The van der Waals surface area contributed by atoms with Gasteiger partial charge < -0.3 is 14.4 Å². The molecule has 4 nitrogen and oxygen atoms in total. The molecule has 0 aromatic carbocycles. The van der Waals surface area contributed by atoms with Crippen molar-refractivity contribution in [2.45, 2.75) is 12.2 Å². The Morgan fingerprint density at radius 1 is 1.19 bits per heavy atom. The number of nitrogens with zero attached hydrogens (tertiary/aromatic N) is 2. The second-order valence-electron chi connectivity index (χ2n) is 4.04. The first-order valence-corrected chi connectivity index (χ1v) is 6.23. The zero-order valence-corrected chi connectivity index (χ0v) is 10.4. The summed E-state index contributed by atoms with van der Waals surface area (Å²) in [5.41, 5.74) is 0. The lowest BCUT2D eigenvalue weighted by molar-refractivity contribution is -0.116. The number of hydrogen-bond acceptors (Lipinski definition) is 4. The van der Waals surface area contributed by atoms with Gasteiger partial charge in [0.1, 0.15) is 22.6 Å². The van der Waals surface area contributed by atoms with Gasteiger partial charge in [0, 0.05) is 13.1 Å². The summed E-state index contributed by atoms with van der Waals surface area (Å²) in [7, 11) is 0. The molecule has 0 saturated carbocycles. The third-order valence-corrected chi connectivity index (χ3v) is 3.43. The third-order valence-electron chi connectivity index (χ3n) is 2.99. The largest absolute Gasteiger partial charge is 0.371 e. The van der Waals surface area contributed by atoms with E-state index in [-0.39, 0.29) is 12.2 Å². The van der Waals surface area contributed by atoms with Crippen molar-refractivity contribution in [1.29, 1.82) is 0 Å². The average Bonchev–Trinajstić information content (AvgIpc) is 2.72. The highest BCUT2D eigenvalue weighted by Crippen LogP contribution is 2.25. The summed E-state index contributed by atoms with van der Waals surface area (Å²) in [6.45, 7) is 3.16. The van der Waals surface area contributed by atoms with Crippen LogP contribution in [-0.2, 0) is 9.47 Å². The quantitative estimate of drug-likeness (QED) is 0.731. The van der Waals surface area contributed by atoms with Crippen LogP contribution in [0.15, 0.2) is 22.8 Å². The molecule has 2 fully saturated rings. The van der Waals surface area contributed by atoms with Crippen molar-refractivity contribution in [2.24, 2.45) is 0 Å². The molecule has 0 radical (unpaired) electrons. The molecule has 0 unspecified atom stereocenters. The minimum Gasteiger partial charge on any atom is -0.371 e. The number of halogens is 1. The predicted octanol–water partition coefficient (Wildman–Crippen LogP) is 1.45. The van der Waals surface area contributed by atoms with E-state index in [1.807, 2.05) is 18.2 Å². The van der Waals surface area contributed by atoms with Crippen molar-refractivity contribution in [3.8, 4) is 0 Å². The van der Waals surface area contributed by atoms with E-state index in [1.54, 1.807) is 0 Å². The first-order valence-electron chi connectivity index (χ1n) is 5.43. The lowest BCUT2D eigenvalue weighted by Crippen LogP contribution is -2.36. The average molecular weight is 285 g/mol. The lowest BCUT2D eigenvalue weighted by Gasteiger charge is -2.24. The number of fused-ring (bicyclic) bond motifs is 1. The van der Waals surface area contributed by atoms with E-state index in [1.165, 1.54) is 0 Å². The molecule has 2 aliphatic heterocycles. The van der Waals surface area contributed by atoms with E-state index in [0.29, 0.717) is 13.2 Å². The van der Waals surface area contributed by atoms with E-state index in [4.69, 9.17) is 9.47 Å². The number of pyridine rings is 1. The molecule has 16 heavy (non-hydrogen) atoms. The highest BCUT2D eigenvalue weighted by atomic mass is 79.9. The van der Waals surface area contributed by atoms with Gasteiger partial charge in [0.2, 0.25) is 0 Å². The molecule has 1 aromatic rings. The van der Waals surface area contributed by atoms with Gasteiger partial charge in [0.15, 0.2) is 0 Å². The zero-order valence-electron chi connectivity index (χ0n) is 8.80. The molecule has 0 bridgehead atoms. The Bertz CT molecular complexity index is 374. The molecule has 2 atom stereocenters. The van der Waals surface area contributed by atoms with Crippen molar-refractivity contribution in [2.75, 3.05) is 31.2 Å². The van der Waals surface area contributed by atoms with Crippen LogP contribution in [0.4, 0.5) is 5.82 Å². The van der Waals surface area contributed by atoms with Crippen molar-refractivity contribution < 1.29 is 9.47 Å². The topological polar surface area (TPSA) is 34.6 Å². The van der Waals surface area contributed by atoms with Crippen LogP contribution in [0.2, 0.25) is 0 Å². The van der Waals surface area contributed by atoms with Gasteiger partial charge in [-0.2, -0.15) is 0 Å². The lowest BCUT2D eigenvalue weighted by atomic mass is 10.2. The fourth-order valence-electron chi connectivity index (χ4n) is 2.22. The summed E-state index contributed by atoms with van der Waals surface area (Å²) >= 11 is 3.39. The molecular weight excluding hydrogens is 272 g/mol. The van der Waals surface area contributed by atoms with Gasteiger partial charge in [-0.1, -0.05) is 6.07 Å². The van der Waals surface area contributed by atoms with Crippen LogP contribution in [0.5, 0.6) is 0 Å². The smallest absolute Gasteiger partial charge is 0.130 e. The summed E-state index contributed by atoms with van der Waals surface area (Å²) in [6, 6.07) is 5.94. The SMILES string of the molecule is Brc1cccc(N2C[C@H]3OCCO[C@@H]3C2)n1. The van der Waals surface area contributed by atoms with E-state index in [2.05, 4.69) is 25.8 Å². The number of rotatable bonds is 1. The summed E-state index contributed by atoms with van der Waals surface area (Å²) in [4.78, 5) is 6.66. The van der Waals surface area contributed by atoms with Crippen molar-refractivity contribution in [3.63, 3.8) is 0 Å². The van der Waals surface area contributed by atoms with Gasteiger partial charge >= 0.3 is 0 Å². The van der Waals surface area contributed by atoms with Crippen molar-refractivity contribution >= 4 is 21.7 Å². The third kappa shape index (κ3) is 1.95. The molecule has 5 heteroatoms. The molecule has 1 aromatic heterocycles. The Morgan fingerprint density at radius 2 is 1.88 bits per heavy atom. The maximum atomic E-state index is 5.68. The molecule has 0 spiro atoms. The normalized spacial score (nSPS) is 29.2. The first kappa shape index (κ1) is 10.5. The number of anilines is 1. The van der Waals surface area contributed by atoms with Crippen LogP contribution in [0.1, 0.15) is 0 Å². The van der Waals surface area contributed by atoms with Gasteiger partial charge in [-0.15, -0.1) is 0 Å². The standard InChI is InChI=1S/C11H13BrN2O2/c12-10-2-1-3-11(13-10)14-6-8-9(7-14)16-5-4-15-8/h1-3,8-9H,4-7H2/t8-,9-/m1/s1. The second-order valence-corrected chi connectivity index (χ2v) is 4.85. The van der Waals surface area contributed by atoms with Gasteiger partial charge in [0.05, 0.1) is 13.2 Å². The second kappa shape index (κ2) is 4.31. The van der Waals surface area contributed by atoms with Crippen LogP contribution in [0, 0.1) is 0 Å². The maximum absolute atomic E-state index is 5.68. The van der Waals surface area contributed by atoms with E-state index < -0.39 is 0 Å².